The summed E-state index contributed by atoms with van der Waals surface area (Å²) in [6, 6.07) is 7.15. The van der Waals surface area contributed by atoms with E-state index in [4.69, 9.17) is 51.1 Å². The summed E-state index contributed by atoms with van der Waals surface area (Å²) in [6.45, 7) is 1.57. The first-order chi connectivity index (χ1) is 15.1. The second-order valence-corrected chi connectivity index (χ2v) is 9.22. The van der Waals surface area contributed by atoms with Gasteiger partial charge in [-0.05, 0) is 60.2 Å². The highest BCUT2D eigenvalue weighted by Crippen LogP contribution is 2.38. The van der Waals surface area contributed by atoms with Gasteiger partial charge in [0.15, 0.2) is 5.75 Å². The Morgan fingerprint density at radius 2 is 1.72 bits per heavy atom. The molecular formula is C21H15Cl4NO5S. The molecule has 0 aliphatic carbocycles. The minimum Gasteiger partial charge on any atom is -0.486 e. The third kappa shape index (κ3) is 5.35. The number of halogens is 4. The Bertz CT molecular complexity index is 1110. The van der Waals surface area contributed by atoms with Gasteiger partial charge in [-0.1, -0.05) is 52.5 Å². The molecular weight excluding hydrogens is 520 g/mol. The number of benzene rings is 2. The zero-order valence-electron chi connectivity index (χ0n) is 16.7. The highest BCUT2D eigenvalue weighted by Gasteiger charge is 2.41. The number of carbonyl (C=O) groups excluding carboxylic acids is 3. The number of amides is 2. The molecule has 1 aliphatic rings. The fourth-order valence-corrected chi connectivity index (χ4v) is 4.67. The molecule has 1 saturated heterocycles. The molecule has 2 aromatic rings. The fraction of sp³-hybridized carbons (Fsp3) is 0.190. The van der Waals surface area contributed by atoms with Crippen LogP contribution in [0.2, 0.25) is 20.1 Å². The molecule has 2 aromatic carbocycles. The molecule has 6 nitrogen and oxygen atoms in total. The molecule has 11 heteroatoms. The average Bonchev–Trinajstić information content (AvgIpc) is 3.01. The second kappa shape index (κ2) is 10.4. The molecule has 0 N–H and O–H groups in total. The molecule has 1 atom stereocenters. The van der Waals surface area contributed by atoms with E-state index in [-0.39, 0.29) is 27.3 Å². The quantitative estimate of drug-likeness (QED) is 0.312. The summed E-state index contributed by atoms with van der Waals surface area (Å²) < 4.78 is 10.3. The van der Waals surface area contributed by atoms with Gasteiger partial charge in [0.25, 0.3) is 11.1 Å². The Morgan fingerprint density at radius 3 is 2.31 bits per heavy atom. The molecule has 0 radical (unpaired) electrons. The number of methoxy groups -OCH3 is 1. The Balaban J connectivity index is 1.79. The van der Waals surface area contributed by atoms with Crippen LogP contribution in [0.3, 0.4) is 0 Å². The van der Waals surface area contributed by atoms with E-state index >= 15 is 0 Å². The Hall–Kier alpha value is -1.90. The van der Waals surface area contributed by atoms with Crippen LogP contribution >= 0.6 is 58.2 Å². The predicted molar refractivity (Wildman–Crippen MR) is 127 cm³/mol. The van der Waals surface area contributed by atoms with Crippen molar-refractivity contribution in [3.63, 3.8) is 0 Å². The maximum atomic E-state index is 12.6. The van der Waals surface area contributed by atoms with Crippen molar-refractivity contribution < 1.29 is 23.9 Å². The van der Waals surface area contributed by atoms with Crippen molar-refractivity contribution in [3.8, 4) is 5.75 Å². The molecule has 0 bridgehead atoms. The summed E-state index contributed by atoms with van der Waals surface area (Å²) in [4.78, 5) is 37.6. The molecule has 32 heavy (non-hydrogen) atoms. The number of thioether (sulfide) groups is 1. The highest BCUT2D eigenvalue weighted by molar-refractivity contribution is 8.18. The van der Waals surface area contributed by atoms with Crippen molar-refractivity contribution in [2.75, 3.05) is 7.11 Å². The Morgan fingerprint density at radius 1 is 1.06 bits per heavy atom. The zero-order valence-corrected chi connectivity index (χ0v) is 20.5. The maximum absolute atomic E-state index is 12.6. The third-order valence-corrected chi connectivity index (χ3v) is 6.62. The van der Waals surface area contributed by atoms with Crippen LogP contribution in [-0.4, -0.2) is 35.2 Å². The number of esters is 1. The van der Waals surface area contributed by atoms with Crippen LogP contribution in [0, 0.1) is 0 Å². The van der Waals surface area contributed by atoms with Gasteiger partial charge >= 0.3 is 5.97 Å². The van der Waals surface area contributed by atoms with Gasteiger partial charge in [0.2, 0.25) is 0 Å². The first kappa shape index (κ1) is 24.7. The van der Waals surface area contributed by atoms with E-state index in [0.29, 0.717) is 27.4 Å². The first-order valence-corrected chi connectivity index (χ1v) is 11.4. The molecule has 0 saturated carbocycles. The van der Waals surface area contributed by atoms with Crippen LogP contribution in [0.5, 0.6) is 5.75 Å². The minimum atomic E-state index is -1.04. The van der Waals surface area contributed by atoms with E-state index < -0.39 is 23.2 Å². The van der Waals surface area contributed by atoms with Crippen LogP contribution in [0.15, 0.2) is 35.2 Å². The number of ether oxygens (including phenoxy) is 2. The average molecular weight is 535 g/mol. The van der Waals surface area contributed by atoms with E-state index in [1.165, 1.54) is 20.1 Å². The lowest BCUT2D eigenvalue weighted by atomic mass is 10.2. The van der Waals surface area contributed by atoms with Gasteiger partial charge in [0.05, 0.1) is 32.1 Å². The largest absolute Gasteiger partial charge is 0.486 e. The number of carbonyl (C=O) groups is 3. The SMILES string of the molecule is COC(=O)[C@@H](C)N1C(=O)S/C(=C/c2cc(Cl)c(OCc3ccc(Cl)c(Cl)c3)c(Cl)c2)C1=O. The number of hydrogen-bond donors (Lipinski definition) is 0. The second-order valence-electron chi connectivity index (χ2n) is 6.60. The Labute approximate surface area is 208 Å². The van der Waals surface area contributed by atoms with Gasteiger partial charge in [-0.25, -0.2) is 4.79 Å². The summed E-state index contributed by atoms with van der Waals surface area (Å²) in [5.41, 5.74) is 1.25. The number of nitrogens with zero attached hydrogens (tertiary/aromatic N) is 1. The highest BCUT2D eigenvalue weighted by atomic mass is 35.5. The zero-order chi connectivity index (χ0) is 23.6. The molecule has 1 fully saturated rings. The smallest absolute Gasteiger partial charge is 0.328 e. The van der Waals surface area contributed by atoms with Crippen molar-refractivity contribution >= 4 is 81.4 Å². The lowest BCUT2D eigenvalue weighted by molar-refractivity contribution is -0.148. The van der Waals surface area contributed by atoms with Gasteiger partial charge in [-0.2, -0.15) is 0 Å². The van der Waals surface area contributed by atoms with E-state index in [9.17, 15) is 14.4 Å². The lowest BCUT2D eigenvalue weighted by Crippen LogP contribution is -2.42. The van der Waals surface area contributed by atoms with Gasteiger partial charge in [0, 0.05) is 0 Å². The van der Waals surface area contributed by atoms with E-state index in [1.807, 2.05) is 0 Å². The molecule has 168 valence electrons. The van der Waals surface area contributed by atoms with Crippen LogP contribution < -0.4 is 4.74 Å². The summed E-state index contributed by atoms with van der Waals surface area (Å²) in [5.74, 6) is -1.04. The van der Waals surface area contributed by atoms with Gasteiger partial charge in [-0.15, -0.1) is 0 Å². The lowest BCUT2D eigenvalue weighted by Gasteiger charge is -2.18. The van der Waals surface area contributed by atoms with Crippen LogP contribution in [-0.2, 0) is 20.9 Å². The standard InChI is InChI=1S/C21H15Cl4NO5S/c1-10(20(28)30-2)26-19(27)17(32-21(26)29)8-12-6-15(24)18(16(25)7-12)31-9-11-3-4-13(22)14(23)5-11/h3-8,10H,9H2,1-2H3/b17-8+/t10-/m1/s1. The van der Waals surface area contributed by atoms with E-state index in [2.05, 4.69) is 4.74 Å². The van der Waals surface area contributed by atoms with E-state index in [1.54, 1.807) is 30.3 Å². The van der Waals surface area contributed by atoms with Crippen molar-refractivity contribution in [1.82, 2.24) is 4.90 Å². The van der Waals surface area contributed by atoms with Crippen molar-refractivity contribution in [1.29, 1.82) is 0 Å². The summed E-state index contributed by atoms with van der Waals surface area (Å²) in [6.07, 6.45) is 1.47. The first-order valence-electron chi connectivity index (χ1n) is 9.03. The van der Waals surface area contributed by atoms with E-state index in [0.717, 1.165) is 10.5 Å². The monoisotopic (exact) mass is 533 g/mol. The summed E-state index contributed by atoms with van der Waals surface area (Å²) >= 11 is 25.3. The summed E-state index contributed by atoms with van der Waals surface area (Å²) in [7, 11) is 1.18. The fourth-order valence-electron chi connectivity index (χ4n) is 2.83. The molecule has 1 heterocycles. The molecule has 1 aliphatic heterocycles. The van der Waals surface area contributed by atoms with Crippen LogP contribution in [0.1, 0.15) is 18.1 Å². The normalized spacial score (nSPS) is 15.9. The predicted octanol–water partition coefficient (Wildman–Crippen LogP) is 6.48. The maximum Gasteiger partial charge on any atom is 0.328 e. The minimum absolute atomic E-state index is 0.127. The summed E-state index contributed by atoms with van der Waals surface area (Å²) in [5, 5.41) is 0.687. The third-order valence-electron chi connectivity index (χ3n) is 4.44. The Kier molecular flexibility index (Phi) is 8.01. The number of hydrogen-bond acceptors (Lipinski definition) is 6. The van der Waals surface area contributed by atoms with Crippen molar-refractivity contribution in [3.05, 3.63) is 66.5 Å². The molecule has 3 rings (SSSR count). The molecule has 0 unspecified atom stereocenters. The van der Waals surface area contributed by atoms with Crippen LogP contribution in [0.25, 0.3) is 6.08 Å². The van der Waals surface area contributed by atoms with Gasteiger partial charge in [0.1, 0.15) is 12.6 Å². The number of rotatable bonds is 6. The van der Waals surface area contributed by atoms with Gasteiger partial charge in [-0.3, -0.25) is 14.5 Å². The topological polar surface area (TPSA) is 72.9 Å². The molecule has 0 spiro atoms. The van der Waals surface area contributed by atoms with Crippen molar-refractivity contribution in [2.24, 2.45) is 0 Å². The van der Waals surface area contributed by atoms with Crippen molar-refractivity contribution in [2.45, 2.75) is 19.6 Å². The molecule has 0 aromatic heterocycles. The molecule has 2 amide bonds. The van der Waals surface area contributed by atoms with Gasteiger partial charge < -0.3 is 9.47 Å². The number of imide groups is 1. The van der Waals surface area contributed by atoms with Crippen LogP contribution in [0.4, 0.5) is 4.79 Å².